The van der Waals surface area contributed by atoms with E-state index in [-0.39, 0.29) is 0 Å². The first-order chi connectivity index (χ1) is 8.97. The van der Waals surface area contributed by atoms with Gasteiger partial charge in [-0.05, 0) is 38.2 Å². The van der Waals surface area contributed by atoms with E-state index < -0.39 is 0 Å². The van der Waals surface area contributed by atoms with Crippen LogP contribution in [0.3, 0.4) is 0 Å². The fraction of sp³-hybridized carbons (Fsp3) is 0.500. The van der Waals surface area contributed by atoms with Gasteiger partial charge in [-0.15, -0.1) is 0 Å². The zero-order valence-electron chi connectivity index (χ0n) is 11.7. The minimum atomic E-state index is 0.327. The number of likely N-dealkylation sites (N-methyl/N-ethyl adjacent to an activating group) is 1. The Labute approximate surface area is 126 Å². The molecule has 0 amide bonds. The van der Waals surface area contributed by atoms with Crippen LogP contribution in [0.1, 0.15) is 26.3 Å². The van der Waals surface area contributed by atoms with Crippen LogP contribution in [0.5, 0.6) is 0 Å². The Kier molecular flexibility index (Phi) is 6.55. The molecule has 5 heteroatoms. The number of nitrogens with zero attached hydrogens (tertiary/aromatic N) is 1. The molecule has 0 bridgehead atoms. The fourth-order valence-corrected chi connectivity index (χ4v) is 2.52. The highest BCUT2D eigenvalue weighted by Crippen LogP contribution is 2.21. The lowest BCUT2D eigenvalue weighted by atomic mass is 10.2. The average Bonchev–Trinajstić information content (AvgIpc) is 2.35. The molecular formula is C14H22ClN3S. The van der Waals surface area contributed by atoms with E-state index in [4.69, 9.17) is 29.6 Å². The lowest BCUT2D eigenvalue weighted by Gasteiger charge is -2.24. The van der Waals surface area contributed by atoms with E-state index >= 15 is 0 Å². The molecule has 0 heterocycles. The van der Waals surface area contributed by atoms with Crippen LogP contribution >= 0.6 is 23.8 Å². The number of hydrogen-bond donors (Lipinski definition) is 2. The molecule has 106 valence electrons. The van der Waals surface area contributed by atoms with Gasteiger partial charge in [-0.25, -0.2) is 0 Å². The summed E-state index contributed by atoms with van der Waals surface area (Å²) in [6.45, 7) is 9.62. The van der Waals surface area contributed by atoms with Gasteiger partial charge in [-0.2, -0.15) is 0 Å². The summed E-state index contributed by atoms with van der Waals surface area (Å²) in [7, 11) is 0. The summed E-state index contributed by atoms with van der Waals surface area (Å²) in [5, 5.41) is 4.03. The Balaban J connectivity index is 2.67. The van der Waals surface area contributed by atoms with Gasteiger partial charge in [-0.3, -0.25) is 0 Å². The first-order valence-corrected chi connectivity index (χ1v) is 7.34. The van der Waals surface area contributed by atoms with Crippen LogP contribution in [0.15, 0.2) is 18.2 Å². The smallest absolute Gasteiger partial charge is 0.105 e. The zero-order valence-corrected chi connectivity index (χ0v) is 13.3. The number of anilines is 1. The molecule has 0 fully saturated rings. The molecule has 1 aromatic carbocycles. The normalized spacial score (nSPS) is 12.5. The van der Waals surface area contributed by atoms with Crippen molar-refractivity contribution in [2.75, 3.05) is 25.0 Å². The fourth-order valence-electron chi connectivity index (χ4n) is 2.00. The van der Waals surface area contributed by atoms with Crippen molar-refractivity contribution in [1.29, 1.82) is 0 Å². The third-order valence-electron chi connectivity index (χ3n) is 3.07. The van der Waals surface area contributed by atoms with Crippen molar-refractivity contribution in [3.05, 3.63) is 28.8 Å². The second kappa shape index (κ2) is 7.68. The molecule has 1 rings (SSSR count). The molecule has 0 aromatic heterocycles. The van der Waals surface area contributed by atoms with Crippen molar-refractivity contribution in [2.45, 2.75) is 26.8 Å². The van der Waals surface area contributed by atoms with Crippen LogP contribution in [0, 0.1) is 0 Å². The van der Waals surface area contributed by atoms with E-state index in [9.17, 15) is 0 Å². The molecule has 0 aliphatic heterocycles. The minimum Gasteiger partial charge on any atom is -0.389 e. The second-order valence-corrected chi connectivity index (χ2v) is 5.44. The average molecular weight is 300 g/mol. The van der Waals surface area contributed by atoms with E-state index in [0.717, 1.165) is 30.9 Å². The van der Waals surface area contributed by atoms with Gasteiger partial charge in [0.25, 0.3) is 0 Å². The molecule has 0 saturated heterocycles. The molecule has 0 aliphatic carbocycles. The molecular weight excluding hydrogens is 278 g/mol. The van der Waals surface area contributed by atoms with Gasteiger partial charge < -0.3 is 16.0 Å². The lowest BCUT2D eigenvalue weighted by molar-refractivity contribution is 0.295. The van der Waals surface area contributed by atoms with Crippen molar-refractivity contribution in [3.63, 3.8) is 0 Å². The molecule has 3 nitrogen and oxygen atoms in total. The molecule has 1 aromatic rings. The topological polar surface area (TPSA) is 41.3 Å². The summed E-state index contributed by atoms with van der Waals surface area (Å²) in [5.74, 6) is 0. The van der Waals surface area contributed by atoms with Crippen molar-refractivity contribution < 1.29 is 0 Å². The number of benzene rings is 1. The van der Waals surface area contributed by atoms with Crippen molar-refractivity contribution in [2.24, 2.45) is 5.73 Å². The van der Waals surface area contributed by atoms with Gasteiger partial charge in [0.1, 0.15) is 4.99 Å². The number of thiocarbonyl (C=S) groups is 1. The van der Waals surface area contributed by atoms with E-state index in [1.807, 2.05) is 18.2 Å². The van der Waals surface area contributed by atoms with Crippen molar-refractivity contribution in [3.8, 4) is 0 Å². The third kappa shape index (κ3) is 4.97. The first-order valence-electron chi connectivity index (χ1n) is 6.56. The Hall–Kier alpha value is -0.840. The summed E-state index contributed by atoms with van der Waals surface area (Å²) >= 11 is 11.1. The Morgan fingerprint density at radius 1 is 1.42 bits per heavy atom. The highest BCUT2D eigenvalue weighted by molar-refractivity contribution is 7.80. The van der Waals surface area contributed by atoms with Crippen molar-refractivity contribution >= 4 is 34.5 Å². The largest absolute Gasteiger partial charge is 0.389 e. The number of rotatable bonds is 7. The third-order valence-corrected chi connectivity index (χ3v) is 3.61. The van der Waals surface area contributed by atoms with Gasteiger partial charge in [-0.1, -0.05) is 37.7 Å². The first kappa shape index (κ1) is 16.2. The van der Waals surface area contributed by atoms with Crippen LogP contribution in [-0.4, -0.2) is 35.6 Å². The standard InChI is InChI=1S/C14H22ClN3S/c1-4-18(5-2)9-10(3)17-11-6-7-12(14(16)19)13(15)8-11/h6-8,10,17H,4-5,9H2,1-3H3,(H2,16,19). The number of nitrogens with two attached hydrogens (primary N) is 1. The molecule has 0 spiro atoms. The van der Waals surface area contributed by atoms with E-state index in [1.165, 1.54) is 0 Å². The SMILES string of the molecule is CCN(CC)CC(C)Nc1ccc(C(N)=S)c(Cl)c1. The lowest BCUT2D eigenvalue weighted by Crippen LogP contribution is -2.34. The summed E-state index contributed by atoms with van der Waals surface area (Å²) < 4.78 is 0. The van der Waals surface area contributed by atoms with E-state index in [0.29, 0.717) is 16.1 Å². The van der Waals surface area contributed by atoms with E-state index in [2.05, 4.69) is 31.0 Å². The number of nitrogens with one attached hydrogen (secondary N) is 1. The van der Waals surface area contributed by atoms with Crippen molar-refractivity contribution in [1.82, 2.24) is 4.90 Å². The van der Waals surface area contributed by atoms with Gasteiger partial charge >= 0.3 is 0 Å². The maximum Gasteiger partial charge on any atom is 0.105 e. The molecule has 19 heavy (non-hydrogen) atoms. The predicted molar refractivity (Wildman–Crippen MR) is 88.2 cm³/mol. The molecule has 0 radical (unpaired) electrons. The maximum atomic E-state index is 6.15. The van der Waals surface area contributed by atoms with Gasteiger partial charge in [0.05, 0.1) is 5.02 Å². The van der Waals surface area contributed by atoms with E-state index in [1.54, 1.807) is 0 Å². The van der Waals surface area contributed by atoms with Crippen LogP contribution in [-0.2, 0) is 0 Å². The molecule has 0 saturated carbocycles. The Bertz CT molecular complexity index is 433. The summed E-state index contributed by atoms with van der Waals surface area (Å²) in [5.41, 5.74) is 7.30. The van der Waals surface area contributed by atoms with Crippen LogP contribution < -0.4 is 11.1 Å². The van der Waals surface area contributed by atoms with Gasteiger partial charge in [0.2, 0.25) is 0 Å². The monoisotopic (exact) mass is 299 g/mol. The molecule has 3 N–H and O–H groups in total. The Morgan fingerprint density at radius 2 is 2.05 bits per heavy atom. The predicted octanol–water partition coefficient (Wildman–Crippen LogP) is 3.12. The second-order valence-electron chi connectivity index (χ2n) is 4.59. The number of halogens is 1. The highest BCUT2D eigenvalue weighted by Gasteiger charge is 2.09. The maximum absolute atomic E-state index is 6.15. The quantitative estimate of drug-likeness (QED) is 0.759. The van der Waals surface area contributed by atoms with Crippen LogP contribution in [0.4, 0.5) is 5.69 Å². The molecule has 0 aliphatic rings. The number of hydrogen-bond acceptors (Lipinski definition) is 3. The van der Waals surface area contributed by atoms with Gasteiger partial charge in [0.15, 0.2) is 0 Å². The Morgan fingerprint density at radius 3 is 2.53 bits per heavy atom. The van der Waals surface area contributed by atoms with Crippen LogP contribution in [0.25, 0.3) is 0 Å². The zero-order chi connectivity index (χ0) is 14.4. The minimum absolute atomic E-state index is 0.327. The summed E-state index contributed by atoms with van der Waals surface area (Å²) in [6.07, 6.45) is 0. The molecule has 1 atom stereocenters. The molecule has 1 unspecified atom stereocenters. The van der Waals surface area contributed by atoms with Gasteiger partial charge in [0, 0.05) is 23.8 Å². The van der Waals surface area contributed by atoms with Crippen LogP contribution in [0.2, 0.25) is 5.02 Å². The highest BCUT2D eigenvalue weighted by atomic mass is 35.5. The summed E-state index contributed by atoms with van der Waals surface area (Å²) in [4.78, 5) is 2.70. The summed E-state index contributed by atoms with van der Waals surface area (Å²) in [6, 6.07) is 6.04.